The van der Waals surface area contributed by atoms with Crippen molar-refractivity contribution >= 4 is 15.8 Å². The Morgan fingerprint density at radius 2 is 2.33 bits per heavy atom. The molecule has 0 fully saturated rings. The van der Waals surface area contributed by atoms with E-state index in [1.165, 1.54) is 0 Å². The molecular formula is C6H9NOS. The lowest BCUT2D eigenvalue weighted by molar-refractivity contribution is 0.693. The van der Waals surface area contributed by atoms with Crippen molar-refractivity contribution in [3.05, 3.63) is 11.6 Å². The van der Waals surface area contributed by atoms with Gasteiger partial charge in [-0.3, -0.25) is 4.99 Å². The van der Waals surface area contributed by atoms with Crippen LogP contribution in [0.1, 0.15) is 13.8 Å². The van der Waals surface area contributed by atoms with E-state index in [0.717, 1.165) is 5.04 Å². The smallest absolute Gasteiger partial charge is 0.111 e. The molecule has 0 aromatic carbocycles. The van der Waals surface area contributed by atoms with Gasteiger partial charge in [0.25, 0.3) is 0 Å². The Morgan fingerprint density at radius 3 is 2.56 bits per heavy atom. The largest absolute Gasteiger partial charge is 0.251 e. The normalized spacial score (nSPS) is 25.2. The summed E-state index contributed by atoms with van der Waals surface area (Å²) in [7, 11) is -0.921. The van der Waals surface area contributed by atoms with E-state index in [4.69, 9.17) is 0 Å². The second kappa shape index (κ2) is 2.43. The molecule has 0 aromatic heterocycles. The lowest BCUT2D eigenvalue weighted by atomic mass is 10.2. The summed E-state index contributed by atoms with van der Waals surface area (Å²) < 4.78 is 10.9. The molecule has 0 amide bonds. The first-order valence-corrected chi connectivity index (χ1v) is 4.08. The second-order valence-corrected chi connectivity index (χ2v) is 3.49. The van der Waals surface area contributed by atoms with Gasteiger partial charge in [0, 0.05) is 17.5 Å². The Bertz CT molecular complexity index is 193. The van der Waals surface area contributed by atoms with Crippen LogP contribution in [-0.4, -0.2) is 9.25 Å². The first kappa shape index (κ1) is 6.68. The number of aliphatic imine (C=N–C) groups is 1. The molecule has 0 aliphatic carbocycles. The molecule has 1 unspecified atom stereocenters. The Balaban J connectivity index is 2.76. The molecule has 0 spiro atoms. The van der Waals surface area contributed by atoms with Crippen LogP contribution in [-0.2, 0) is 10.8 Å². The molecular weight excluding hydrogens is 134 g/mol. The lowest BCUT2D eigenvalue weighted by Crippen LogP contribution is -2.08. The molecule has 3 heteroatoms. The van der Waals surface area contributed by atoms with E-state index in [9.17, 15) is 4.21 Å². The van der Waals surface area contributed by atoms with Crippen molar-refractivity contribution in [3.63, 3.8) is 0 Å². The highest BCUT2D eigenvalue weighted by Crippen LogP contribution is 2.08. The topological polar surface area (TPSA) is 29.4 Å². The maximum atomic E-state index is 10.9. The maximum absolute atomic E-state index is 10.9. The minimum atomic E-state index is -0.921. The van der Waals surface area contributed by atoms with Crippen LogP contribution in [0.4, 0.5) is 0 Å². The monoisotopic (exact) mass is 143 g/mol. The zero-order chi connectivity index (χ0) is 6.85. The van der Waals surface area contributed by atoms with E-state index >= 15 is 0 Å². The van der Waals surface area contributed by atoms with Crippen molar-refractivity contribution < 1.29 is 4.21 Å². The molecule has 1 heterocycles. The predicted octanol–water partition coefficient (Wildman–Crippen LogP) is 1.27. The first-order valence-electron chi connectivity index (χ1n) is 2.87. The number of hydrogen-bond donors (Lipinski definition) is 0. The van der Waals surface area contributed by atoms with Gasteiger partial charge in [-0.25, -0.2) is 4.21 Å². The van der Waals surface area contributed by atoms with Gasteiger partial charge >= 0.3 is 0 Å². The highest BCUT2D eigenvalue weighted by molar-refractivity contribution is 8.03. The summed E-state index contributed by atoms with van der Waals surface area (Å²) in [5.41, 5.74) is 0. The maximum Gasteiger partial charge on any atom is 0.111 e. The third-order valence-electron chi connectivity index (χ3n) is 1.09. The first-order chi connectivity index (χ1) is 4.22. The highest BCUT2D eigenvalue weighted by Gasteiger charge is 2.13. The Hall–Kier alpha value is -0.440. The van der Waals surface area contributed by atoms with E-state index in [1.807, 2.05) is 13.8 Å². The molecule has 0 saturated carbocycles. The number of rotatable bonds is 1. The minimum Gasteiger partial charge on any atom is -0.251 e. The van der Waals surface area contributed by atoms with Crippen molar-refractivity contribution in [1.82, 2.24) is 0 Å². The summed E-state index contributed by atoms with van der Waals surface area (Å²) in [6, 6.07) is 0. The van der Waals surface area contributed by atoms with Crippen LogP contribution in [0.15, 0.2) is 16.6 Å². The van der Waals surface area contributed by atoms with Gasteiger partial charge in [0.1, 0.15) is 5.04 Å². The Morgan fingerprint density at radius 1 is 1.67 bits per heavy atom. The zero-order valence-corrected chi connectivity index (χ0v) is 6.31. The SMILES string of the molecule is CC(C)C1=NC=CS1=O. The van der Waals surface area contributed by atoms with Crippen molar-refractivity contribution in [2.45, 2.75) is 13.8 Å². The van der Waals surface area contributed by atoms with Gasteiger partial charge in [0.05, 0.1) is 10.8 Å². The molecule has 9 heavy (non-hydrogen) atoms. The fourth-order valence-electron chi connectivity index (χ4n) is 0.662. The summed E-state index contributed by atoms with van der Waals surface area (Å²) >= 11 is 0. The van der Waals surface area contributed by atoms with Crippen LogP contribution in [0, 0.1) is 5.92 Å². The predicted molar refractivity (Wildman–Crippen MR) is 39.6 cm³/mol. The number of nitrogens with zero attached hydrogens (tertiary/aromatic N) is 1. The second-order valence-electron chi connectivity index (χ2n) is 2.20. The van der Waals surface area contributed by atoms with Gasteiger partial charge in [-0.1, -0.05) is 13.8 Å². The average Bonchev–Trinajstić information content (AvgIpc) is 2.13. The number of hydrogen-bond acceptors (Lipinski definition) is 2. The van der Waals surface area contributed by atoms with Gasteiger partial charge in [0.2, 0.25) is 0 Å². The summed E-state index contributed by atoms with van der Waals surface area (Å²) in [4.78, 5) is 3.95. The van der Waals surface area contributed by atoms with Gasteiger partial charge < -0.3 is 0 Å². The molecule has 1 aliphatic heterocycles. The van der Waals surface area contributed by atoms with Crippen LogP contribution in [0.5, 0.6) is 0 Å². The molecule has 0 bridgehead atoms. The highest BCUT2D eigenvalue weighted by atomic mass is 32.2. The molecule has 0 N–H and O–H groups in total. The van der Waals surface area contributed by atoms with Crippen molar-refractivity contribution in [2.75, 3.05) is 0 Å². The summed E-state index contributed by atoms with van der Waals surface area (Å²) in [5.74, 6) is 0.306. The third kappa shape index (κ3) is 1.27. The van der Waals surface area contributed by atoms with Gasteiger partial charge in [-0.15, -0.1) is 0 Å². The minimum absolute atomic E-state index is 0.306. The van der Waals surface area contributed by atoms with Crippen LogP contribution < -0.4 is 0 Å². The molecule has 2 nitrogen and oxygen atoms in total. The molecule has 1 aliphatic rings. The van der Waals surface area contributed by atoms with Crippen LogP contribution >= 0.6 is 0 Å². The van der Waals surface area contributed by atoms with Crippen LogP contribution in [0.25, 0.3) is 0 Å². The fourth-order valence-corrected chi connectivity index (χ4v) is 1.60. The quantitative estimate of drug-likeness (QED) is 0.543. The summed E-state index contributed by atoms with van der Waals surface area (Å²) in [5, 5.41) is 2.39. The molecule has 0 radical (unpaired) electrons. The van der Waals surface area contributed by atoms with E-state index in [2.05, 4.69) is 4.99 Å². The van der Waals surface area contributed by atoms with Gasteiger partial charge in [-0.05, 0) is 0 Å². The zero-order valence-electron chi connectivity index (χ0n) is 5.50. The van der Waals surface area contributed by atoms with Crippen molar-refractivity contribution in [2.24, 2.45) is 10.9 Å². The molecule has 1 atom stereocenters. The third-order valence-corrected chi connectivity index (χ3v) is 2.44. The molecule has 50 valence electrons. The summed E-state index contributed by atoms with van der Waals surface area (Å²) in [6.45, 7) is 3.98. The van der Waals surface area contributed by atoms with Crippen LogP contribution in [0.2, 0.25) is 0 Å². The lowest BCUT2D eigenvalue weighted by Gasteiger charge is -1.99. The molecule has 0 aromatic rings. The standard InChI is InChI=1S/C6H9NOS/c1-5(2)6-7-3-4-9(6)8/h3-5H,1-2H3. The fraction of sp³-hybridized carbons (Fsp3) is 0.500. The average molecular weight is 143 g/mol. The summed E-state index contributed by atoms with van der Waals surface area (Å²) in [6.07, 6.45) is 1.60. The molecule has 0 saturated heterocycles. The van der Waals surface area contributed by atoms with E-state index < -0.39 is 10.8 Å². The Kier molecular flexibility index (Phi) is 1.81. The van der Waals surface area contributed by atoms with Crippen molar-refractivity contribution in [3.8, 4) is 0 Å². The van der Waals surface area contributed by atoms with Crippen LogP contribution in [0.3, 0.4) is 0 Å². The van der Waals surface area contributed by atoms with E-state index in [0.29, 0.717) is 5.92 Å². The molecule has 1 rings (SSSR count). The van der Waals surface area contributed by atoms with Crippen molar-refractivity contribution in [1.29, 1.82) is 0 Å². The van der Waals surface area contributed by atoms with Gasteiger partial charge in [0.15, 0.2) is 0 Å². The Labute approximate surface area is 57.1 Å². The van der Waals surface area contributed by atoms with E-state index in [-0.39, 0.29) is 0 Å². The van der Waals surface area contributed by atoms with E-state index in [1.54, 1.807) is 11.6 Å². The van der Waals surface area contributed by atoms with Gasteiger partial charge in [-0.2, -0.15) is 0 Å².